The summed E-state index contributed by atoms with van der Waals surface area (Å²) >= 11 is 0. The molecule has 102 valence electrons. The predicted octanol–water partition coefficient (Wildman–Crippen LogP) is 0.570. The molecule has 6 nitrogen and oxygen atoms in total. The first-order valence-electron chi connectivity index (χ1n) is 6.45. The van der Waals surface area contributed by atoms with Crippen molar-refractivity contribution >= 4 is 5.95 Å². The molecule has 0 aliphatic carbocycles. The highest BCUT2D eigenvalue weighted by atomic mass is 16.5. The number of nitrogens with zero attached hydrogens (tertiary/aromatic N) is 3. The normalized spacial score (nSPS) is 21.3. The summed E-state index contributed by atoms with van der Waals surface area (Å²) in [6.45, 7) is 9.15. The third-order valence-corrected chi connectivity index (χ3v) is 3.32. The lowest BCUT2D eigenvalue weighted by molar-refractivity contribution is 0.0216. The molecule has 2 N–H and O–H groups in total. The van der Waals surface area contributed by atoms with Crippen LogP contribution in [-0.2, 0) is 11.2 Å². The molecule has 1 fully saturated rings. The number of aromatic nitrogens is 3. The summed E-state index contributed by atoms with van der Waals surface area (Å²) in [4.78, 5) is 6.76. The SMILES string of the molecule is COC(C)(C)Cc1nc(N2CCN[C@H](C)C2)n[nH]1. The van der Waals surface area contributed by atoms with Gasteiger partial charge in [0, 0.05) is 39.2 Å². The molecule has 18 heavy (non-hydrogen) atoms. The van der Waals surface area contributed by atoms with Gasteiger partial charge in [-0.3, -0.25) is 5.10 Å². The third kappa shape index (κ3) is 3.20. The lowest BCUT2D eigenvalue weighted by Crippen LogP contribution is -2.49. The van der Waals surface area contributed by atoms with E-state index in [2.05, 4.69) is 32.3 Å². The van der Waals surface area contributed by atoms with Crippen LogP contribution in [0.25, 0.3) is 0 Å². The van der Waals surface area contributed by atoms with Crippen molar-refractivity contribution in [2.24, 2.45) is 0 Å². The lowest BCUT2D eigenvalue weighted by Gasteiger charge is -2.30. The molecule has 0 saturated carbocycles. The minimum atomic E-state index is -0.215. The van der Waals surface area contributed by atoms with Crippen LogP contribution in [0.3, 0.4) is 0 Å². The molecule has 6 heteroatoms. The molecule has 1 aliphatic rings. The van der Waals surface area contributed by atoms with E-state index >= 15 is 0 Å². The van der Waals surface area contributed by atoms with Gasteiger partial charge in [-0.05, 0) is 20.8 Å². The fourth-order valence-corrected chi connectivity index (χ4v) is 2.10. The Morgan fingerprint density at radius 1 is 1.50 bits per heavy atom. The molecule has 0 aromatic carbocycles. The van der Waals surface area contributed by atoms with Gasteiger partial charge >= 0.3 is 0 Å². The Balaban J connectivity index is 2.01. The molecule has 0 radical (unpaired) electrons. The number of hydrogen-bond donors (Lipinski definition) is 2. The third-order valence-electron chi connectivity index (χ3n) is 3.32. The smallest absolute Gasteiger partial charge is 0.244 e. The summed E-state index contributed by atoms with van der Waals surface area (Å²) in [7, 11) is 1.72. The number of methoxy groups -OCH3 is 1. The van der Waals surface area contributed by atoms with Crippen molar-refractivity contribution in [2.75, 3.05) is 31.6 Å². The maximum absolute atomic E-state index is 5.40. The van der Waals surface area contributed by atoms with Crippen molar-refractivity contribution in [2.45, 2.75) is 38.8 Å². The molecular formula is C12H23N5O. The first kappa shape index (κ1) is 13.3. The highest BCUT2D eigenvalue weighted by Crippen LogP contribution is 2.16. The van der Waals surface area contributed by atoms with Crippen LogP contribution >= 0.6 is 0 Å². The van der Waals surface area contributed by atoms with Crippen molar-refractivity contribution < 1.29 is 4.74 Å². The Labute approximate surface area is 108 Å². The Hall–Kier alpha value is -1.14. The van der Waals surface area contributed by atoms with E-state index in [1.807, 2.05) is 13.8 Å². The number of rotatable bonds is 4. The van der Waals surface area contributed by atoms with Crippen LogP contribution in [0.5, 0.6) is 0 Å². The highest BCUT2D eigenvalue weighted by molar-refractivity contribution is 5.30. The summed E-state index contributed by atoms with van der Waals surface area (Å²) in [5, 5.41) is 10.7. The van der Waals surface area contributed by atoms with Gasteiger partial charge in [-0.2, -0.15) is 4.98 Å². The van der Waals surface area contributed by atoms with Crippen molar-refractivity contribution in [3.63, 3.8) is 0 Å². The van der Waals surface area contributed by atoms with Gasteiger partial charge in [0.25, 0.3) is 0 Å². The summed E-state index contributed by atoms with van der Waals surface area (Å²) in [6, 6.07) is 0.483. The van der Waals surface area contributed by atoms with E-state index in [9.17, 15) is 0 Å². The Kier molecular flexibility index (Phi) is 3.87. The van der Waals surface area contributed by atoms with Gasteiger partial charge in [0.15, 0.2) is 0 Å². The zero-order valence-corrected chi connectivity index (χ0v) is 11.7. The van der Waals surface area contributed by atoms with Crippen LogP contribution in [0.4, 0.5) is 5.95 Å². The van der Waals surface area contributed by atoms with Crippen LogP contribution < -0.4 is 10.2 Å². The summed E-state index contributed by atoms with van der Waals surface area (Å²) in [5.74, 6) is 1.67. The molecule has 2 heterocycles. The molecule has 1 saturated heterocycles. The average Bonchev–Trinajstić information content (AvgIpc) is 2.77. The molecule has 2 rings (SSSR count). The molecule has 1 aromatic rings. The number of H-pyrrole nitrogens is 1. The largest absolute Gasteiger partial charge is 0.378 e. The molecule has 1 aromatic heterocycles. The molecule has 1 atom stereocenters. The Morgan fingerprint density at radius 3 is 2.94 bits per heavy atom. The van der Waals surface area contributed by atoms with Gasteiger partial charge in [-0.1, -0.05) is 0 Å². The second kappa shape index (κ2) is 5.24. The quantitative estimate of drug-likeness (QED) is 0.821. The second-order valence-electron chi connectivity index (χ2n) is 5.52. The number of aromatic amines is 1. The first-order valence-corrected chi connectivity index (χ1v) is 6.45. The summed E-state index contributed by atoms with van der Waals surface area (Å²) in [5.41, 5.74) is -0.215. The number of anilines is 1. The lowest BCUT2D eigenvalue weighted by atomic mass is 10.1. The zero-order chi connectivity index (χ0) is 13.2. The minimum absolute atomic E-state index is 0.215. The van der Waals surface area contributed by atoms with E-state index in [1.165, 1.54) is 0 Å². The van der Waals surface area contributed by atoms with E-state index < -0.39 is 0 Å². The van der Waals surface area contributed by atoms with Crippen LogP contribution in [0.15, 0.2) is 0 Å². The van der Waals surface area contributed by atoms with Crippen molar-refractivity contribution in [3.05, 3.63) is 5.82 Å². The van der Waals surface area contributed by atoms with Gasteiger partial charge in [0.05, 0.1) is 5.60 Å². The first-order chi connectivity index (χ1) is 8.50. The van der Waals surface area contributed by atoms with E-state index in [4.69, 9.17) is 4.74 Å². The van der Waals surface area contributed by atoms with Gasteiger partial charge in [0.1, 0.15) is 5.82 Å². The maximum Gasteiger partial charge on any atom is 0.244 e. The van der Waals surface area contributed by atoms with Gasteiger partial charge < -0.3 is 15.0 Å². The standard InChI is InChI=1S/C12H23N5O/c1-9-8-17(6-5-13-9)11-14-10(15-16-11)7-12(2,3)18-4/h9,13H,5-8H2,1-4H3,(H,14,15,16)/t9-/m1/s1. The second-order valence-corrected chi connectivity index (χ2v) is 5.52. The number of ether oxygens (including phenoxy) is 1. The Morgan fingerprint density at radius 2 is 2.28 bits per heavy atom. The van der Waals surface area contributed by atoms with Crippen LogP contribution in [0.2, 0.25) is 0 Å². The molecule has 0 spiro atoms. The van der Waals surface area contributed by atoms with E-state index in [-0.39, 0.29) is 5.60 Å². The number of hydrogen-bond acceptors (Lipinski definition) is 5. The van der Waals surface area contributed by atoms with Crippen molar-refractivity contribution in [1.82, 2.24) is 20.5 Å². The summed E-state index contributed by atoms with van der Waals surface area (Å²) in [6.07, 6.45) is 0.734. The fraction of sp³-hybridized carbons (Fsp3) is 0.833. The van der Waals surface area contributed by atoms with Crippen LogP contribution in [-0.4, -0.2) is 53.6 Å². The highest BCUT2D eigenvalue weighted by Gasteiger charge is 2.22. The van der Waals surface area contributed by atoms with E-state index in [0.29, 0.717) is 6.04 Å². The van der Waals surface area contributed by atoms with Gasteiger partial charge in [0.2, 0.25) is 5.95 Å². The summed E-state index contributed by atoms with van der Waals surface area (Å²) < 4.78 is 5.40. The fourth-order valence-electron chi connectivity index (χ4n) is 2.10. The molecule has 0 bridgehead atoms. The van der Waals surface area contributed by atoms with Crippen molar-refractivity contribution in [1.29, 1.82) is 0 Å². The number of nitrogens with one attached hydrogen (secondary N) is 2. The number of piperazine rings is 1. The van der Waals surface area contributed by atoms with E-state index in [0.717, 1.165) is 37.8 Å². The minimum Gasteiger partial charge on any atom is -0.378 e. The van der Waals surface area contributed by atoms with Gasteiger partial charge in [-0.15, -0.1) is 5.10 Å². The van der Waals surface area contributed by atoms with Crippen LogP contribution in [0, 0.1) is 0 Å². The van der Waals surface area contributed by atoms with Crippen molar-refractivity contribution in [3.8, 4) is 0 Å². The Bertz CT molecular complexity index is 390. The molecule has 1 aliphatic heterocycles. The zero-order valence-electron chi connectivity index (χ0n) is 11.7. The van der Waals surface area contributed by atoms with Gasteiger partial charge in [-0.25, -0.2) is 0 Å². The maximum atomic E-state index is 5.40. The predicted molar refractivity (Wildman–Crippen MR) is 70.9 cm³/mol. The molecular weight excluding hydrogens is 230 g/mol. The topological polar surface area (TPSA) is 66.1 Å². The monoisotopic (exact) mass is 253 g/mol. The van der Waals surface area contributed by atoms with Crippen LogP contribution in [0.1, 0.15) is 26.6 Å². The average molecular weight is 253 g/mol. The molecule has 0 unspecified atom stereocenters. The molecule has 0 amide bonds. The van der Waals surface area contributed by atoms with E-state index in [1.54, 1.807) is 7.11 Å².